The largest absolute Gasteiger partial charge is 0.360 e. The highest BCUT2D eigenvalue weighted by Gasteiger charge is 2.21. The summed E-state index contributed by atoms with van der Waals surface area (Å²) >= 11 is 0. The molecule has 0 fully saturated rings. The summed E-state index contributed by atoms with van der Waals surface area (Å²) in [4.78, 5) is 12.2. The third-order valence-electron chi connectivity index (χ3n) is 3.48. The lowest BCUT2D eigenvalue weighted by atomic mass is 10.1. The molecule has 0 unspecified atom stereocenters. The lowest BCUT2D eigenvalue weighted by molar-refractivity contribution is -0.116. The highest BCUT2D eigenvalue weighted by atomic mass is 32.2. The van der Waals surface area contributed by atoms with Crippen molar-refractivity contribution in [3.8, 4) is 0 Å². The van der Waals surface area contributed by atoms with Crippen molar-refractivity contribution < 1.29 is 17.7 Å². The smallest absolute Gasteiger partial charge is 0.233 e. The van der Waals surface area contributed by atoms with Crippen LogP contribution in [0.1, 0.15) is 23.3 Å². The van der Waals surface area contributed by atoms with Gasteiger partial charge in [0.1, 0.15) is 5.76 Å². The van der Waals surface area contributed by atoms with Crippen LogP contribution in [0.25, 0.3) is 0 Å². The van der Waals surface area contributed by atoms with Crippen LogP contribution in [0.15, 0.2) is 28.8 Å². The number of amides is 1. The average Bonchev–Trinajstić information content (AvgIpc) is 2.88. The molecule has 8 heteroatoms. The Morgan fingerprint density at radius 2 is 1.96 bits per heavy atom. The van der Waals surface area contributed by atoms with E-state index in [1.54, 1.807) is 6.92 Å². The van der Waals surface area contributed by atoms with Gasteiger partial charge in [0.05, 0.1) is 6.26 Å². The number of hydrogen-bond acceptors (Lipinski definition) is 5. The number of aromatic nitrogens is 1. The van der Waals surface area contributed by atoms with E-state index < -0.39 is 10.0 Å². The predicted octanol–water partition coefficient (Wildman–Crippen LogP) is 2.39. The molecule has 1 aromatic heterocycles. The molecule has 1 N–H and O–H groups in total. The summed E-state index contributed by atoms with van der Waals surface area (Å²) in [5, 5.41) is 6.52. The van der Waals surface area contributed by atoms with Crippen molar-refractivity contribution in [3.63, 3.8) is 0 Å². The zero-order valence-corrected chi connectivity index (χ0v) is 15.0. The molecule has 7 nitrogen and oxygen atoms in total. The number of sulfonamides is 1. The van der Waals surface area contributed by atoms with Crippen molar-refractivity contribution in [1.29, 1.82) is 0 Å². The Balaban J connectivity index is 2.06. The van der Waals surface area contributed by atoms with Gasteiger partial charge in [0.2, 0.25) is 15.9 Å². The van der Waals surface area contributed by atoms with Crippen LogP contribution in [-0.4, -0.2) is 32.3 Å². The van der Waals surface area contributed by atoms with Crippen LogP contribution in [0.3, 0.4) is 0 Å². The monoisotopic (exact) mass is 351 g/mol. The number of carbonyl (C=O) groups excluding carboxylic acids is 1. The van der Waals surface area contributed by atoms with Gasteiger partial charge in [0.15, 0.2) is 5.82 Å². The van der Waals surface area contributed by atoms with Crippen LogP contribution in [0, 0.1) is 20.8 Å². The Morgan fingerprint density at radius 1 is 1.25 bits per heavy atom. The molecule has 2 aromatic rings. The van der Waals surface area contributed by atoms with Crippen LogP contribution in [0.5, 0.6) is 0 Å². The Kier molecular flexibility index (Phi) is 5.28. The van der Waals surface area contributed by atoms with E-state index in [2.05, 4.69) is 10.5 Å². The Labute approximate surface area is 141 Å². The highest BCUT2D eigenvalue weighted by molar-refractivity contribution is 7.92. The molecule has 0 spiro atoms. The first-order chi connectivity index (χ1) is 11.2. The summed E-state index contributed by atoms with van der Waals surface area (Å²) in [5.74, 6) is 0.408. The average molecular weight is 351 g/mol. The van der Waals surface area contributed by atoms with Gasteiger partial charge >= 0.3 is 0 Å². The number of benzene rings is 1. The minimum atomic E-state index is -3.56. The number of carbonyl (C=O) groups is 1. The third kappa shape index (κ3) is 4.58. The predicted molar refractivity (Wildman–Crippen MR) is 92.6 cm³/mol. The van der Waals surface area contributed by atoms with E-state index in [0.29, 0.717) is 5.76 Å². The zero-order valence-electron chi connectivity index (χ0n) is 14.2. The molecule has 0 bridgehead atoms. The second-order valence-corrected chi connectivity index (χ2v) is 7.65. The first-order valence-electron chi connectivity index (χ1n) is 7.45. The number of rotatable bonds is 6. The molecule has 0 aliphatic carbocycles. The second kappa shape index (κ2) is 7.04. The van der Waals surface area contributed by atoms with Gasteiger partial charge in [-0.25, -0.2) is 8.42 Å². The fourth-order valence-corrected chi connectivity index (χ4v) is 3.06. The standard InChI is InChI=1S/C16H21N3O4S/c1-11-5-6-12(2)14(9-11)17-16(20)7-8-19(24(4,21)22)15-10-13(3)23-18-15/h5-6,9-10H,7-8H2,1-4H3,(H,17,20). The first kappa shape index (κ1) is 18.0. The minimum absolute atomic E-state index is 0.00631. The summed E-state index contributed by atoms with van der Waals surface area (Å²) in [6.45, 7) is 5.50. The highest BCUT2D eigenvalue weighted by Crippen LogP contribution is 2.19. The van der Waals surface area contributed by atoms with Crippen LogP contribution >= 0.6 is 0 Å². The van der Waals surface area contributed by atoms with Crippen LogP contribution < -0.4 is 9.62 Å². The van der Waals surface area contributed by atoms with Crippen LogP contribution in [0.2, 0.25) is 0 Å². The van der Waals surface area contributed by atoms with Crippen molar-refractivity contribution in [2.24, 2.45) is 0 Å². The second-order valence-electron chi connectivity index (χ2n) is 5.75. The van der Waals surface area contributed by atoms with Crippen LogP contribution in [-0.2, 0) is 14.8 Å². The fraction of sp³-hybridized carbons (Fsp3) is 0.375. The molecule has 1 amide bonds. The molecule has 130 valence electrons. The van der Waals surface area contributed by atoms with Gasteiger partial charge < -0.3 is 9.84 Å². The lowest BCUT2D eigenvalue weighted by Gasteiger charge is -2.18. The topological polar surface area (TPSA) is 92.5 Å². The lowest BCUT2D eigenvalue weighted by Crippen LogP contribution is -2.33. The first-order valence-corrected chi connectivity index (χ1v) is 9.30. The molecular weight excluding hydrogens is 330 g/mol. The molecule has 0 saturated carbocycles. The maximum atomic E-state index is 12.2. The molecule has 24 heavy (non-hydrogen) atoms. The molecule has 0 radical (unpaired) electrons. The summed E-state index contributed by atoms with van der Waals surface area (Å²) < 4.78 is 29.8. The summed E-state index contributed by atoms with van der Waals surface area (Å²) in [5.41, 5.74) is 2.70. The number of nitrogens with one attached hydrogen (secondary N) is 1. The van der Waals surface area contributed by atoms with Gasteiger partial charge in [0.25, 0.3) is 0 Å². The number of anilines is 2. The molecular formula is C16H21N3O4S. The maximum Gasteiger partial charge on any atom is 0.233 e. The molecule has 2 rings (SSSR count). The normalized spacial score (nSPS) is 11.3. The Bertz CT molecular complexity index is 843. The van der Waals surface area contributed by atoms with Gasteiger partial charge in [0, 0.05) is 24.7 Å². The molecule has 0 aliphatic heterocycles. The van der Waals surface area contributed by atoms with Crippen molar-refractivity contribution >= 4 is 27.4 Å². The molecule has 1 aromatic carbocycles. The van der Waals surface area contributed by atoms with Crippen molar-refractivity contribution in [2.45, 2.75) is 27.2 Å². The van der Waals surface area contributed by atoms with E-state index in [0.717, 1.165) is 27.4 Å². The van der Waals surface area contributed by atoms with Crippen molar-refractivity contribution in [2.75, 3.05) is 22.4 Å². The van der Waals surface area contributed by atoms with Gasteiger partial charge in [-0.05, 0) is 38.0 Å². The van der Waals surface area contributed by atoms with E-state index in [1.807, 2.05) is 32.0 Å². The quantitative estimate of drug-likeness (QED) is 0.862. The minimum Gasteiger partial charge on any atom is -0.360 e. The van der Waals surface area contributed by atoms with E-state index in [4.69, 9.17) is 4.52 Å². The van der Waals surface area contributed by atoms with E-state index >= 15 is 0 Å². The number of hydrogen-bond donors (Lipinski definition) is 1. The maximum absolute atomic E-state index is 12.2. The molecule has 0 atom stereocenters. The zero-order chi connectivity index (χ0) is 17.9. The Morgan fingerprint density at radius 3 is 2.54 bits per heavy atom. The van der Waals surface area contributed by atoms with Gasteiger partial charge in [-0.3, -0.25) is 9.10 Å². The van der Waals surface area contributed by atoms with Gasteiger partial charge in [-0.2, -0.15) is 0 Å². The summed E-state index contributed by atoms with van der Waals surface area (Å²) in [7, 11) is -3.56. The molecule has 0 aliphatic rings. The fourth-order valence-electron chi connectivity index (χ4n) is 2.21. The van der Waals surface area contributed by atoms with Crippen molar-refractivity contribution in [3.05, 3.63) is 41.2 Å². The van der Waals surface area contributed by atoms with E-state index in [1.165, 1.54) is 6.07 Å². The SMILES string of the molecule is Cc1ccc(C)c(NC(=O)CCN(c2cc(C)on2)S(C)(=O)=O)c1. The Hall–Kier alpha value is -2.35. The molecule has 1 heterocycles. The van der Waals surface area contributed by atoms with Crippen LogP contribution in [0.4, 0.5) is 11.5 Å². The van der Waals surface area contributed by atoms with Gasteiger partial charge in [-0.15, -0.1) is 0 Å². The summed E-state index contributed by atoms with van der Waals surface area (Å²) in [6.07, 6.45) is 1.08. The van der Waals surface area contributed by atoms with Crippen molar-refractivity contribution in [1.82, 2.24) is 5.16 Å². The van der Waals surface area contributed by atoms with E-state index in [9.17, 15) is 13.2 Å². The third-order valence-corrected chi connectivity index (χ3v) is 4.65. The molecule has 0 saturated heterocycles. The van der Waals surface area contributed by atoms with Gasteiger partial charge in [-0.1, -0.05) is 17.3 Å². The number of aryl methyl sites for hydroxylation is 3. The number of nitrogens with zero attached hydrogens (tertiary/aromatic N) is 2. The van der Waals surface area contributed by atoms with E-state index in [-0.39, 0.29) is 24.7 Å². The summed E-state index contributed by atoms with van der Waals surface area (Å²) in [6, 6.07) is 7.28.